The number of aromatic nitrogens is 1. The van der Waals surface area contributed by atoms with Crippen molar-refractivity contribution >= 4 is 32.5 Å². The Morgan fingerprint density at radius 3 is 2.35 bits per heavy atom. The number of pyridine rings is 1. The summed E-state index contributed by atoms with van der Waals surface area (Å²) in [6.45, 7) is 5.90. The number of anilines is 1. The highest BCUT2D eigenvalue weighted by atomic mass is 32.2. The summed E-state index contributed by atoms with van der Waals surface area (Å²) in [4.78, 5) is 20.6. The van der Waals surface area contributed by atoms with E-state index in [1.54, 1.807) is 37.1 Å². The lowest BCUT2D eigenvalue weighted by Crippen LogP contribution is -2.49. The van der Waals surface area contributed by atoms with E-state index in [0.717, 1.165) is 12.0 Å². The molecule has 0 spiro atoms. The first-order valence-electron chi connectivity index (χ1n) is 11.4. The van der Waals surface area contributed by atoms with Gasteiger partial charge in [-0.25, -0.2) is 13.2 Å². The molecule has 4 rings (SSSR count). The van der Waals surface area contributed by atoms with Crippen molar-refractivity contribution in [3.63, 3.8) is 0 Å². The molecule has 0 aliphatic carbocycles. The molecule has 3 aromatic rings. The Kier molecular flexibility index (Phi) is 6.92. The topological polar surface area (TPSA) is 89.0 Å². The minimum Gasteiger partial charge on any atom is -0.497 e. The predicted octanol–water partition coefficient (Wildman–Crippen LogP) is 3.92. The standard InChI is InChI=1S/C25H29N3O5S/c1-4-18-6-9-20(10-7-18)34(30,31)23-17-26-22-11-8-19(32-3)16-21(22)24(23)27-12-14-28(15-13-27)25(29)33-5-2/h6-11,16-17H,4-5,12-15H2,1-3H3. The molecule has 1 saturated heterocycles. The van der Waals surface area contributed by atoms with E-state index in [2.05, 4.69) is 4.98 Å². The summed E-state index contributed by atoms with van der Waals surface area (Å²) in [5.74, 6) is 0.613. The number of carbonyl (C=O) groups is 1. The van der Waals surface area contributed by atoms with Crippen LogP contribution in [0.25, 0.3) is 10.9 Å². The second-order valence-electron chi connectivity index (χ2n) is 8.03. The van der Waals surface area contributed by atoms with E-state index in [4.69, 9.17) is 9.47 Å². The van der Waals surface area contributed by atoms with E-state index in [9.17, 15) is 13.2 Å². The molecular weight excluding hydrogens is 454 g/mol. The van der Waals surface area contributed by atoms with Crippen molar-refractivity contribution in [1.82, 2.24) is 9.88 Å². The van der Waals surface area contributed by atoms with Gasteiger partial charge in [0, 0.05) is 37.8 Å². The van der Waals surface area contributed by atoms with Gasteiger partial charge in [0.05, 0.1) is 29.8 Å². The van der Waals surface area contributed by atoms with Gasteiger partial charge in [-0.2, -0.15) is 0 Å². The average Bonchev–Trinajstić information content (AvgIpc) is 2.87. The van der Waals surface area contributed by atoms with Crippen LogP contribution in [0.1, 0.15) is 19.4 Å². The zero-order valence-corrected chi connectivity index (χ0v) is 20.5. The van der Waals surface area contributed by atoms with Crippen LogP contribution in [0, 0.1) is 0 Å². The molecule has 34 heavy (non-hydrogen) atoms. The van der Waals surface area contributed by atoms with Crippen molar-refractivity contribution in [3.8, 4) is 5.75 Å². The molecule has 8 nitrogen and oxygen atoms in total. The number of rotatable bonds is 6. The Labute approximate surface area is 200 Å². The third-order valence-corrected chi connectivity index (χ3v) is 7.84. The molecule has 1 amide bonds. The van der Waals surface area contributed by atoms with Gasteiger partial charge in [-0.05, 0) is 49.2 Å². The molecule has 0 unspecified atom stereocenters. The number of fused-ring (bicyclic) bond motifs is 1. The molecule has 0 radical (unpaired) electrons. The second-order valence-corrected chi connectivity index (χ2v) is 9.95. The molecule has 2 heterocycles. The number of piperazine rings is 1. The minimum atomic E-state index is -3.84. The SMILES string of the molecule is CCOC(=O)N1CCN(c2c(S(=O)(=O)c3ccc(CC)cc3)cnc3ccc(OC)cc23)CC1. The van der Waals surface area contributed by atoms with Crippen LogP contribution in [-0.2, 0) is 21.0 Å². The van der Waals surface area contributed by atoms with Crippen molar-refractivity contribution in [2.24, 2.45) is 0 Å². The Morgan fingerprint density at radius 2 is 1.74 bits per heavy atom. The molecule has 0 bridgehead atoms. The Balaban J connectivity index is 1.81. The zero-order chi connectivity index (χ0) is 24.3. The first kappa shape index (κ1) is 23.8. The Bertz CT molecular complexity index is 1280. The van der Waals surface area contributed by atoms with Gasteiger partial charge in [-0.3, -0.25) is 4.98 Å². The quantitative estimate of drug-likeness (QED) is 0.525. The Morgan fingerprint density at radius 1 is 1.03 bits per heavy atom. The highest BCUT2D eigenvalue weighted by Gasteiger charge is 2.30. The number of methoxy groups -OCH3 is 1. The molecule has 1 fully saturated rings. The van der Waals surface area contributed by atoms with Gasteiger partial charge in [0.2, 0.25) is 9.84 Å². The maximum Gasteiger partial charge on any atom is 0.409 e. The van der Waals surface area contributed by atoms with Crippen LogP contribution < -0.4 is 9.64 Å². The fourth-order valence-corrected chi connectivity index (χ4v) is 5.58. The van der Waals surface area contributed by atoms with E-state index in [0.29, 0.717) is 55.1 Å². The second kappa shape index (κ2) is 9.89. The fraction of sp³-hybridized carbons (Fsp3) is 0.360. The summed E-state index contributed by atoms with van der Waals surface area (Å²) >= 11 is 0. The van der Waals surface area contributed by atoms with Gasteiger partial charge >= 0.3 is 6.09 Å². The molecule has 1 aromatic heterocycles. The van der Waals surface area contributed by atoms with Gasteiger partial charge in [-0.15, -0.1) is 0 Å². The van der Waals surface area contributed by atoms with Gasteiger partial charge < -0.3 is 19.3 Å². The van der Waals surface area contributed by atoms with Gasteiger partial charge in [0.1, 0.15) is 10.6 Å². The summed E-state index contributed by atoms with van der Waals surface area (Å²) in [5, 5.41) is 0.690. The molecule has 0 saturated carbocycles. The largest absolute Gasteiger partial charge is 0.497 e. The van der Waals surface area contributed by atoms with Crippen molar-refractivity contribution in [2.75, 3.05) is 44.8 Å². The number of aryl methyl sites for hydroxylation is 1. The number of amides is 1. The summed E-state index contributed by atoms with van der Waals surface area (Å²) in [5.41, 5.74) is 2.31. The maximum absolute atomic E-state index is 13.8. The van der Waals surface area contributed by atoms with Crippen LogP contribution in [0.5, 0.6) is 5.75 Å². The number of carbonyl (C=O) groups excluding carboxylic acids is 1. The lowest BCUT2D eigenvalue weighted by atomic mass is 10.1. The average molecular weight is 484 g/mol. The summed E-state index contributed by atoms with van der Waals surface area (Å²) in [6, 6.07) is 12.4. The minimum absolute atomic E-state index is 0.141. The predicted molar refractivity (Wildman–Crippen MR) is 130 cm³/mol. The summed E-state index contributed by atoms with van der Waals surface area (Å²) in [6.07, 6.45) is 1.91. The molecule has 180 valence electrons. The highest BCUT2D eigenvalue weighted by Crippen LogP contribution is 2.37. The lowest BCUT2D eigenvalue weighted by molar-refractivity contribution is 0.105. The molecule has 0 atom stereocenters. The van der Waals surface area contributed by atoms with Crippen LogP contribution in [0.15, 0.2) is 58.5 Å². The van der Waals surface area contributed by atoms with E-state index >= 15 is 0 Å². The number of ether oxygens (including phenoxy) is 2. The van der Waals surface area contributed by atoms with Crippen molar-refractivity contribution in [3.05, 3.63) is 54.2 Å². The molecule has 2 aromatic carbocycles. The van der Waals surface area contributed by atoms with Crippen LogP contribution in [0.2, 0.25) is 0 Å². The smallest absolute Gasteiger partial charge is 0.409 e. The molecular formula is C25H29N3O5S. The maximum atomic E-state index is 13.8. The number of hydrogen-bond donors (Lipinski definition) is 0. The van der Waals surface area contributed by atoms with E-state index < -0.39 is 9.84 Å². The van der Waals surface area contributed by atoms with Crippen LogP contribution in [-0.4, -0.2) is 64.3 Å². The third-order valence-electron chi connectivity index (χ3n) is 6.07. The number of sulfone groups is 1. The summed E-state index contributed by atoms with van der Waals surface area (Å²) < 4.78 is 38.1. The first-order valence-corrected chi connectivity index (χ1v) is 12.8. The van der Waals surface area contributed by atoms with Crippen molar-refractivity contribution in [1.29, 1.82) is 0 Å². The zero-order valence-electron chi connectivity index (χ0n) is 19.7. The number of hydrogen-bond acceptors (Lipinski definition) is 7. The fourth-order valence-electron chi connectivity index (χ4n) is 4.15. The van der Waals surface area contributed by atoms with Crippen LogP contribution in [0.4, 0.5) is 10.5 Å². The van der Waals surface area contributed by atoms with E-state index in [1.807, 2.05) is 36.1 Å². The summed E-state index contributed by atoms with van der Waals surface area (Å²) in [7, 11) is -2.27. The van der Waals surface area contributed by atoms with Gasteiger partial charge in [0.25, 0.3) is 0 Å². The molecule has 0 N–H and O–H groups in total. The highest BCUT2D eigenvalue weighted by molar-refractivity contribution is 7.91. The van der Waals surface area contributed by atoms with E-state index in [1.165, 1.54) is 6.20 Å². The number of nitrogens with zero attached hydrogens (tertiary/aromatic N) is 3. The van der Waals surface area contributed by atoms with Crippen molar-refractivity contribution < 1.29 is 22.7 Å². The van der Waals surface area contributed by atoms with Crippen LogP contribution in [0.3, 0.4) is 0 Å². The van der Waals surface area contributed by atoms with Gasteiger partial charge in [-0.1, -0.05) is 19.1 Å². The first-order chi connectivity index (χ1) is 16.4. The number of benzene rings is 2. The normalized spacial score (nSPS) is 14.3. The third kappa shape index (κ3) is 4.52. The molecule has 1 aliphatic heterocycles. The molecule has 1 aliphatic rings. The Hall–Kier alpha value is -3.33. The van der Waals surface area contributed by atoms with Crippen molar-refractivity contribution in [2.45, 2.75) is 30.1 Å². The van der Waals surface area contributed by atoms with E-state index in [-0.39, 0.29) is 15.9 Å². The monoisotopic (exact) mass is 483 g/mol. The lowest BCUT2D eigenvalue weighted by Gasteiger charge is -2.36. The molecule has 9 heteroatoms. The van der Waals surface area contributed by atoms with Gasteiger partial charge in [0.15, 0.2) is 0 Å². The van der Waals surface area contributed by atoms with Crippen LogP contribution >= 0.6 is 0 Å².